The fourth-order valence-electron chi connectivity index (χ4n) is 2.65. The van der Waals surface area contributed by atoms with Crippen LogP contribution in [0.15, 0.2) is 12.1 Å². The monoisotopic (exact) mass is 338 g/mol. The average Bonchev–Trinajstić information content (AvgIpc) is 3.00. The van der Waals surface area contributed by atoms with Crippen molar-refractivity contribution in [2.45, 2.75) is 51.6 Å². The molecule has 5 nitrogen and oxygen atoms in total. The molecule has 1 saturated carbocycles. The molecule has 1 heterocycles. The summed E-state index contributed by atoms with van der Waals surface area (Å²) in [7, 11) is 0. The standard InChI is InChI=1S/C17H26N2O3S/c1-13-8-9-15(23-13)17(21)19-12-16(20)18-10-5-11-22-14-6-3-2-4-7-14/h8-9,14H,2-7,10-12H2,1H3,(H,18,20)(H,19,21). The highest BCUT2D eigenvalue weighted by atomic mass is 32.1. The van der Waals surface area contributed by atoms with Gasteiger partial charge in [-0.1, -0.05) is 19.3 Å². The third kappa shape index (κ3) is 6.71. The molecule has 1 aromatic heterocycles. The van der Waals surface area contributed by atoms with E-state index in [4.69, 9.17) is 4.74 Å². The number of rotatable bonds is 8. The normalized spacial score (nSPS) is 15.3. The third-order valence-electron chi connectivity index (χ3n) is 3.92. The largest absolute Gasteiger partial charge is 0.378 e. The maximum atomic E-state index is 11.8. The van der Waals surface area contributed by atoms with Gasteiger partial charge in [-0.05, 0) is 38.3 Å². The molecule has 0 unspecified atom stereocenters. The Morgan fingerprint density at radius 2 is 2.00 bits per heavy atom. The van der Waals surface area contributed by atoms with Gasteiger partial charge in [0.05, 0.1) is 17.5 Å². The highest BCUT2D eigenvalue weighted by Crippen LogP contribution is 2.20. The highest BCUT2D eigenvalue weighted by molar-refractivity contribution is 7.13. The minimum absolute atomic E-state index is 0.0132. The van der Waals surface area contributed by atoms with E-state index in [0.29, 0.717) is 24.1 Å². The molecule has 0 bridgehead atoms. The summed E-state index contributed by atoms with van der Waals surface area (Å²) in [4.78, 5) is 25.2. The lowest BCUT2D eigenvalue weighted by Gasteiger charge is -2.21. The summed E-state index contributed by atoms with van der Waals surface area (Å²) in [5.74, 6) is -0.358. The number of hydrogen-bond donors (Lipinski definition) is 2. The predicted molar refractivity (Wildman–Crippen MR) is 91.8 cm³/mol. The Hall–Kier alpha value is -1.40. The summed E-state index contributed by atoms with van der Waals surface area (Å²) in [5, 5.41) is 5.44. The first-order valence-electron chi connectivity index (χ1n) is 8.38. The first-order chi connectivity index (χ1) is 11.1. The number of thiophene rings is 1. The Morgan fingerprint density at radius 1 is 1.22 bits per heavy atom. The summed E-state index contributed by atoms with van der Waals surface area (Å²) in [5.41, 5.74) is 0. The molecule has 0 spiro atoms. The van der Waals surface area contributed by atoms with Crippen LogP contribution < -0.4 is 10.6 Å². The molecular formula is C17H26N2O3S. The van der Waals surface area contributed by atoms with Gasteiger partial charge in [-0.3, -0.25) is 9.59 Å². The van der Waals surface area contributed by atoms with E-state index >= 15 is 0 Å². The third-order valence-corrected chi connectivity index (χ3v) is 4.92. The van der Waals surface area contributed by atoms with E-state index in [1.165, 1.54) is 43.4 Å². The topological polar surface area (TPSA) is 67.4 Å². The molecular weight excluding hydrogens is 312 g/mol. The zero-order chi connectivity index (χ0) is 16.5. The molecule has 1 aliphatic carbocycles. The molecule has 23 heavy (non-hydrogen) atoms. The van der Waals surface area contributed by atoms with Crippen LogP contribution in [-0.2, 0) is 9.53 Å². The van der Waals surface area contributed by atoms with Crippen LogP contribution in [0, 0.1) is 6.92 Å². The Bertz CT molecular complexity index is 510. The van der Waals surface area contributed by atoms with Crippen LogP contribution in [-0.4, -0.2) is 37.6 Å². The van der Waals surface area contributed by atoms with E-state index in [9.17, 15) is 9.59 Å². The van der Waals surface area contributed by atoms with Crippen molar-refractivity contribution in [3.05, 3.63) is 21.9 Å². The summed E-state index contributed by atoms with van der Waals surface area (Å²) < 4.78 is 5.80. The van der Waals surface area contributed by atoms with Crippen molar-refractivity contribution in [2.24, 2.45) is 0 Å². The van der Waals surface area contributed by atoms with E-state index in [0.717, 1.165) is 11.3 Å². The fourth-order valence-corrected chi connectivity index (χ4v) is 3.43. The molecule has 1 aromatic rings. The second-order valence-corrected chi connectivity index (χ2v) is 7.22. The van der Waals surface area contributed by atoms with Crippen molar-refractivity contribution in [3.63, 3.8) is 0 Å². The van der Waals surface area contributed by atoms with Crippen molar-refractivity contribution < 1.29 is 14.3 Å². The lowest BCUT2D eigenvalue weighted by molar-refractivity contribution is -0.120. The number of carbonyl (C=O) groups excluding carboxylic acids is 2. The van der Waals surface area contributed by atoms with Crippen LogP contribution in [0.1, 0.15) is 53.1 Å². The van der Waals surface area contributed by atoms with Gasteiger partial charge in [-0.15, -0.1) is 11.3 Å². The second-order valence-electron chi connectivity index (χ2n) is 5.93. The smallest absolute Gasteiger partial charge is 0.261 e. The summed E-state index contributed by atoms with van der Waals surface area (Å²) >= 11 is 1.43. The van der Waals surface area contributed by atoms with Crippen LogP contribution in [0.4, 0.5) is 0 Å². The minimum Gasteiger partial charge on any atom is -0.378 e. The quantitative estimate of drug-likeness (QED) is 0.716. The first-order valence-corrected chi connectivity index (χ1v) is 9.20. The Morgan fingerprint density at radius 3 is 2.70 bits per heavy atom. The second kappa shape index (κ2) is 9.67. The SMILES string of the molecule is Cc1ccc(C(=O)NCC(=O)NCCCOC2CCCCC2)s1. The molecule has 1 aliphatic rings. The van der Waals surface area contributed by atoms with Gasteiger partial charge >= 0.3 is 0 Å². The van der Waals surface area contributed by atoms with Crippen LogP contribution in [0.25, 0.3) is 0 Å². The Kier molecular flexibility index (Phi) is 7.55. The van der Waals surface area contributed by atoms with Crippen molar-refractivity contribution in [2.75, 3.05) is 19.7 Å². The number of aryl methyl sites for hydroxylation is 1. The van der Waals surface area contributed by atoms with Crippen LogP contribution in [0.5, 0.6) is 0 Å². The zero-order valence-corrected chi connectivity index (χ0v) is 14.5. The van der Waals surface area contributed by atoms with Gasteiger partial charge in [0.25, 0.3) is 5.91 Å². The van der Waals surface area contributed by atoms with Crippen LogP contribution in [0.3, 0.4) is 0 Å². The van der Waals surface area contributed by atoms with E-state index < -0.39 is 0 Å². The van der Waals surface area contributed by atoms with Crippen molar-refractivity contribution >= 4 is 23.2 Å². The number of hydrogen-bond acceptors (Lipinski definition) is 4. The summed E-state index contributed by atoms with van der Waals surface area (Å²) in [6, 6.07) is 3.67. The number of ether oxygens (including phenoxy) is 1. The molecule has 0 aromatic carbocycles. The van der Waals surface area contributed by atoms with Crippen LogP contribution in [0.2, 0.25) is 0 Å². The molecule has 0 atom stereocenters. The van der Waals surface area contributed by atoms with Gasteiger partial charge in [0.2, 0.25) is 5.91 Å². The number of nitrogens with one attached hydrogen (secondary N) is 2. The van der Waals surface area contributed by atoms with Gasteiger partial charge in [-0.25, -0.2) is 0 Å². The molecule has 2 rings (SSSR count). The molecule has 0 saturated heterocycles. The first kappa shape index (κ1) is 17.9. The van der Waals surface area contributed by atoms with E-state index in [-0.39, 0.29) is 18.4 Å². The van der Waals surface area contributed by atoms with Crippen LogP contribution >= 0.6 is 11.3 Å². The lowest BCUT2D eigenvalue weighted by Crippen LogP contribution is -2.37. The van der Waals surface area contributed by atoms with Gasteiger partial charge in [0.1, 0.15) is 0 Å². The Balaban J connectivity index is 1.50. The number of amides is 2. The molecule has 2 N–H and O–H groups in total. The van der Waals surface area contributed by atoms with Gasteiger partial charge < -0.3 is 15.4 Å². The highest BCUT2D eigenvalue weighted by Gasteiger charge is 2.13. The average molecular weight is 338 g/mol. The number of carbonyl (C=O) groups is 2. The maximum Gasteiger partial charge on any atom is 0.261 e. The lowest BCUT2D eigenvalue weighted by atomic mass is 9.98. The zero-order valence-electron chi connectivity index (χ0n) is 13.7. The van der Waals surface area contributed by atoms with Gasteiger partial charge in [-0.2, -0.15) is 0 Å². The molecule has 0 radical (unpaired) electrons. The van der Waals surface area contributed by atoms with Gasteiger partial charge in [0, 0.05) is 18.0 Å². The minimum atomic E-state index is -0.195. The van der Waals surface area contributed by atoms with E-state index in [1.807, 2.05) is 13.0 Å². The molecule has 128 valence electrons. The maximum absolute atomic E-state index is 11.8. The predicted octanol–water partition coefficient (Wildman–Crippen LogP) is 2.64. The van der Waals surface area contributed by atoms with Gasteiger partial charge in [0.15, 0.2) is 0 Å². The van der Waals surface area contributed by atoms with Crippen molar-refractivity contribution in [1.29, 1.82) is 0 Å². The molecule has 2 amide bonds. The summed E-state index contributed by atoms with van der Waals surface area (Å²) in [6.07, 6.45) is 7.41. The fraction of sp³-hybridized carbons (Fsp3) is 0.647. The molecule has 6 heteroatoms. The van der Waals surface area contributed by atoms with Crippen molar-refractivity contribution in [1.82, 2.24) is 10.6 Å². The van der Waals surface area contributed by atoms with E-state index in [2.05, 4.69) is 10.6 Å². The van der Waals surface area contributed by atoms with E-state index in [1.54, 1.807) is 6.07 Å². The Labute approximate surface area is 141 Å². The molecule has 0 aliphatic heterocycles. The van der Waals surface area contributed by atoms with Crippen molar-refractivity contribution in [3.8, 4) is 0 Å². The summed E-state index contributed by atoms with van der Waals surface area (Å²) in [6.45, 7) is 3.23. The molecule has 1 fully saturated rings.